The van der Waals surface area contributed by atoms with Crippen molar-refractivity contribution in [2.24, 2.45) is 0 Å². The van der Waals surface area contributed by atoms with Gasteiger partial charge in [0.05, 0.1) is 23.4 Å². The second kappa shape index (κ2) is 6.70. The molecule has 1 aromatic heterocycles. The number of rotatable bonds is 3. The zero-order valence-electron chi connectivity index (χ0n) is 12.1. The van der Waals surface area contributed by atoms with E-state index in [1.807, 2.05) is 0 Å². The molecule has 0 N–H and O–H groups in total. The Bertz CT molecular complexity index is 783. The molecule has 0 atom stereocenters. The number of esters is 1. The summed E-state index contributed by atoms with van der Waals surface area (Å²) in [7, 11) is 2.49. The van der Waals surface area contributed by atoms with Crippen molar-refractivity contribution in [2.45, 2.75) is 0 Å². The van der Waals surface area contributed by atoms with Gasteiger partial charge in [0.15, 0.2) is 0 Å². The number of pyridine rings is 1. The van der Waals surface area contributed by atoms with Crippen LogP contribution >= 0.6 is 11.6 Å². The number of hydrogen-bond donors (Lipinski definition) is 0. The molecule has 23 heavy (non-hydrogen) atoms. The first-order chi connectivity index (χ1) is 10.9. The lowest BCUT2D eigenvalue weighted by Gasteiger charge is -2.20. The number of aromatic nitrogens is 1. The third kappa shape index (κ3) is 3.29. The van der Waals surface area contributed by atoms with Crippen LogP contribution in [0.5, 0.6) is 0 Å². The molecular weight excluding hydrogens is 330 g/mol. The van der Waals surface area contributed by atoms with Crippen molar-refractivity contribution < 1.29 is 23.1 Å². The monoisotopic (exact) mass is 340 g/mol. The van der Waals surface area contributed by atoms with Crippen LogP contribution < -0.4 is 4.90 Å². The van der Waals surface area contributed by atoms with Crippen LogP contribution in [0.3, 0.4) is 0 Å². The predicted molar refractivity (Wildman–Crippen MR) is 79.7 cm³/mol. The largest absolute Gasteiger partial charge is 0.465 e. The second-order valence-electron chi connectivity index (χ2n) is 4.49. The average molecular weight is 341 g/mol. The number of halogens is 3. The molecule has 2 rings (SSSR count). The summed E-state index contributed by atoms with van der Waals surface area (Å²) in [6, 6.07) is 2.80. The molecule has 1 aromatic carbocycles. The number of benzene rings is 1. The molecule has 2 aromatic rings. The Morgan fingerprint density at radius 3 is 2.57 bits per heavy atom. The maximum Gasteiger partial charge on any atom is 0.341 e. The van der Waals surface area contributed by atoms with Gasteiger partial charge < -0.3 is 9.64 Å². The first-order valence-corrected chi connectivity index (χ1v) is 6.69. The highest BCUT2D eigenvalue weighted by Gasteiger charge is 2.23. The minimum Gasteiger partial charge on any atom is -0.465 e. The molecule has 0 saturated heterocycles. The van der Waals surface area contributed by atoms with Gasteiger partial charge in [-0.2, -0.15) is 0 Å². The Balaban J connectivity index is 2.46. The maximum absolute atomic E-state index is 13.9. The molecule has 0 aliphatic carbocycles. The van der Waals surface area contributed by atoms with E-state index < -0.39 is 34.1 Å². The summed E-state index contributed by atoms with van der Waals surface area (Å²) in [5.41, 5.74) is -0.352. The summed E-state index contributed by atoms with van der Waals surface area (Å²) in [5.74, 6) is -3.46. The Labute approximate surface area is 135 Å². The van der Waals surface area contributed by atoms with Crippen LogP contribution in [0, 0.1) is 11.6 Å². The van der Waals surface area contributed by atoms with Crippen LogP contribution in [0.1, 0.15) is 20.7 Å². The zero-order chi connectivity index (χ0) is 17.1. The van der Waals surface area contributed by atoms with Gasteiger partial charge in [-0.3, -0.25) is 9.78 Å². The number of carbonyl (C=O) groups excluding carboxylic acids is 2. The number of hydrogen-bond acceptors (Lipinski definition) is 4. The quantitative estimate of drug-likeness (QED) is 0.636. The van der Waals surface area contributed by atoms with Crippen LogP contribution in [0.25, 0.3) is 0 Å². The normalized spacial score (nSPS) is 10.3. The van der Waals surface area contributed by atoms with E-state index in [0.29, 0.717) is 12.1 Å². The smallest absolute Gasteiger partial charge is 0.341 e. The topological polar surface area (TPSA) is 59.5 Å². The Hall–Kier alpha value is -2.54. The third-order valence-corrected chi connectivity index (χ3v) is 3.40. The third-order valence-electron chi connectivity index (χ3n) is 3.11. The van der Waals surface area contributed by atoms with Gasteiger partial charge in [0.25, 0.3) is 5.91 Å². The van der Waals surface area contributed by atoms with Gasteiger partial charge in [0.1, 0.15) is 17.2 Å². The van der Waals surface area contributed by atoms with Gasteiger partial charge in [0, 0.05) is 19.4 Å². The SMILES string of the molecule is COC(=O)c1cnccc1N(C)C(=O)c1cc(F)c(Cl)cc1F. The number of amides is 1. The van der Waals surface area contributed by atoms with Crippen LogP contribution in [0.15, 0.2) is 30.6 Å². The minimum atomic E-state index is -0.970. The van der Waals surface area contributed by atoms with Crippen molar-refractivity contribution in [1.29, 1.82) is 0 Å². The van der Waals surface area contributed by atoms with Crippen LogP contribution in [0.2, 0.25) is 5.02 Å². The molecular formula is C15H11ClF2N2O3. The van der Waals surface area contributed by atoms with E-state index >= 15 is 0 Å². The Morgan fingerprint density at radius 2 is 1.91 bits per heavy atom. The number of nitrogens with zero attached hydrogens (tertiary/aromatic N) is 2. The first-order valence-electron chi connectivity index (χ1n) is 6.31. The van der Waals surface area contributed by atoms with Gasteiger partial charge in [-0.05, 0) is 18.2 Å². The van der Waals surface area contributed by atoms with Gasteiger partial charge in [-0.25, -0.2) is 13.6 Å². The standard InChI is InChI=1S/C15H11ClF2N2O3/c1-20(13-3-4-19-7-9(13)15(22)23-2)14(21)8-5-12(18)10(16)6-11(8)17/h3-7H,1-2H3. The Morgan fingerprint density at radius 1 is 1.22 bits per heavy atom. The molecule has 8 heteroatoms. The van der Waals surface area contributed by atoms with Crippen LogP contribution in [0.4, 0.5) is 14.5 Å². The number of carbonyl (C=O) groups is 2. The highest BCUT2D eigenvalue weighted by molar-refractivity contribution is 6.30. The fraction of sp³-hybridized carbons (Fsp3) is 0.133. The summed E-state index contributed by atoms with van der Waals surface area (Å²) >= 11 is 5.46. The van der Waals surface area contributed by atoms with Gasteiger partial charge in [-0.1, -0.05) is 11.6 Å². The molecule has 1 heterocycles. The number of anilines is 1. The fourth-order valence-corrected chi connectivity index (χ4v) is 2.07. The molecule has 120 valence electrons. The van der Waals surface area contributed by atoms with E-state index in [4.69, 9.17) is 11.6 Å². The van der Waals surface area contributed by atoms with E-state index in [-0.39, 0.29) is 11.3 Å². The van der Waals surface area contributed by atoms with E-state index in [2.05, 4.69) is 9.72 Å². The zero-order valence-corrected chi connectivity index (χ0v) is 12.9. The van der Waals surface area contributed by atoms with Gasteiger partial charge in [0.2, 0.25) is 0 Å². The molecule has 0 aliphatic rings. The molecule has 0 saturated carbocycles. The molecule has 0 fully saturated rings. The molecule has 0 aliphatic heterocycles. The molecule has 0 unspecified atom stereocenters. The summed E-state index contributed by atoms with van der Waals surface area (Å²) in [4.78, 5) is 28.9. The molecule has 1 amide bonds. The minimum absolute atomic E-state index is 0.0145. The molecule has 0 bridgehead atoms. The van der Waals surface area contributed by atoms with Crippen molar-refractivity contribution >= 4 is 29.2 Å². The summed E-state index contributed by atoms with van der Waals surface area (Å²) in [6.45, 7) is 0. The molecule has 0 radical (unpaired) electrons. The van der Waals surface area contributed by atoms with Crippen molar-refractivity contribution in [1.82, 2.24) is 4.98 Å². The van der Waals surface area contributed by atoms with Crippen molar-refractivity contribution in [2.75, 3.05) is 19.1 Å². The van der Waals surface area contributed by atoms with Crippen LogP contribution in [-0.4, -0.2) is 31.0 Å². The predicted octanol–water partition coefficient (Wildman–Crippen LogP) is 3.08. The van der Waals surface area contributed by atoms with Crippen LogP contribution in [-0.2, 0) is 4.74 Å². The number of ether oxygens (including phenoxy) is 1. The lowest BCUT2D eigenvalue weighted by Crippen LogP contribution is -2.29. The Kier molecular flexibility index (Phi) is 4.90. The van der Waals surface area contributed by atoms with E-state index in [1.165, 1.54) is 32.6 Å². The van der Waals surface area contributed by atoms with E-state index in [0.717, 1.165) is 4.90 Å². The van der Waals surface area contributed by atoms with Crippen molar-refractivity contribution in [3.8, 4) is 0 Å². The molecule has 0 spiro atoms. The first kappa shape index (κ1) is 16.8. The lowest BCUT2D eigenvalue weighted by atomic mass is 10.1. The average Bonchev–Trinajstić information content (AvgIpc) is 2.56. The van der Waals surface area contributed by atoms with E-state index in [1.54, 1.807) is 0 Å². The highest BCUT2D eigenvalue weighted by Crippen LogP contribution is 2.24. The fourth-order valence-electron chi connectivity index (χ4n) is 1.92. The van der Waals surface area contributed by atoms with Gasteiger partial charge >= 0.3 is 5.97 Å². The summed E-state index contributed by atoms with van der Waals surface area (Å²) < 4.78 is 32.0. The summed E-state index contributed by atoms with van der Waals surface area (Å²) in [5, 5.41) is -0.430. The number of methoxy groups -OCH3 is 1. The summed E-state index contributed by atoms with van der Waals surface area (Å²) in [6.07, 6.45) is 2.56. The lowest BCUT2D eigenvalue weighted by molar-refractivity contribution is 0.0601. The van der Waals surface area contributed by atoms with E-state index in [9.17, 15) is 18.4 Å². The second-order valence-corrected chi connectivity index (χ2v) is 4.90. The molecule has 5 nitrogen and oxygen atoms in total. The maximum atomic E-state index is 13.9. The van der Waals surface area contributed by atoms with Crippen molar-refractivity contribution in [3.05, 3.63) is 58.4 Å². The van der Waals surface area contributed by atoms with Crippen molar-refractivity contribution in [3.63, 3.8) is 0 Å². The van der Waals surface area contributed by atoms with Gasteiger partial charge in [-0.15, -0.1) is 0 Å². The highest BCUT2D eigenvalue weighted by atomic mass is 35.5.